The van der Waals surface area contributed by atoms with Crippen LogP contribution in [0.5, 0.6) is 11.5 Å². The maximum absolute atomic E-state index is 13.0. The number of rotatable bonds is 2. The predicted molar refractivity (Wildman–Crippen MR) is 106 cm³/mol. The lowest BCUT2D eigenvalue weighted by atomic mass is 9.97. The third-order valence-corrected chi connectivity index (χ3v) is 5.55. The molecule has 4 rings (SSSR count). The number of amides is 2. The Hall–Kier alpha value is -3.02. The Balaban J connectivity index is 1.61. The average Bonchev–Trinajstić information content (AvgIpc) is 2.72. The highest BCUT2D eigenvalue weighted by Gasteiger charge is 2.27. The van der Waals surface area contributed by atoms with Crippen LogP contribution in [0.1, 0.15) is 52.0 Å². The van der Waals surface area contributed by atoms with Crippen molar-refractivity contribution in [2.75, 3.05) is 24.5 Å². The maximum atomic E-state index is 13.0. The third-order valence-electron chi connectivity index (χ3n) is 5.55. The molecule has 0 saturated carbocycles. The van der Waals surface area contributed by atoms with Gasteiger partial charge in [-0.05, 0) is 68.0 Å². The van der Waals surface area contributed by atoms with Gasteiger partial charge in [-0.2, -0.15) is 0 Å². The summed E-state index contributed by atoms with van der Waals surface area (Å²) in [5.41, 5.74) is 2.57. The van der Waals surface area contributed by atoms with Crippen LogP contribution in [0, 0.1) is 0 Å². The zero-order valence-corrected chi connectivity index (χ0v) is 15.7. The van der Waals surface area contributed by atoms with Gasteiger partial charge in [0.05, 0.1) is 5.56 Å². The van der Waals surface area contributed by atoms with Crippen LogP contribution in [0.25, 0.3) is 0 Å². The molecule has 0 spiro atoms. The minimum Gasteiger partial charge on any atom is -0.508 e. The molecule has 2 N–H and O–H groups in total. The summed E-state index contributed by atoms with van der Waals surface area (Å²) >= 11 is 0. The number of carbonyl (C=O) groups is 2. The highest BCUT2D eigenvalue weighted by molar-refractivity contribution is 6.08. The number of benzene rings is 2. The number of piperidine rings is 1. The fraction of sp³-hybridized carbons (Fsp3) is 0.364. The number of likely N-dealkylation sites (tertiary alicyclic amines) is 1. The van der Waals surface area contributed by atoms with E-state index in [1.807, 2.05) is 17.0 Å². The summed E-state index contributed by atoms with van der Waals surface area (Å²) in [5.74, 6) is -0.585. The van der Waals surface area contributed by atoms with Crippen molar-refractivity contribution in [2.24, 2.45) is 0 Å². The SMILES string of the molecule is O=C(c1ccc2c(c1)CCCN2C(=O)c1ccc(O)cc1O)N1CCCCC1. The normalized spacial score (nSPS) is 16.6. The van der Waals surface area contributed by atoms with Crippen LogP contribution in [0.4, 0.5) is 5.69 Å². The van der Waals surface area contributed by atoms with Crippen molar-refractivity contribution in [2.45, 2.75) is 32.1 Å². The molecular weight excluding hydrogens is 356 g/mol. The number of hydrogen-bond acceptors (Lipinski definition) is 4. The Kier molecular flexibility index (Phi) is 4.94. The van der Waals surface area contributed by atoms with Gasteiger partial charge in [-0.1, -0.05) is 0 Å². The fourth-order valence-corrected chi connectivity index (χ4v) is 4.07. The van der Waals surface area contributed by atoms with Crippen LogP contribution in [0.2, 0.25) is 0 Å². The molecule has 0 bridgehead atoms. The number of phenols is 2. The molecule has 6 heteroatoms. The van der Waals surface area contributed by atoms with Crippen molar-refractivity contribution in [1.29, 1.82) is 0 Å². The molecule has 28 heavy (non-hydrogen) atoms. The number of carbonyl (C=O) groups excluding carboxylic acids is 2. The van der Waals surface area contributed by atoms with E-state index in [1.165, 1.54) is 24.6 Å². The van der Waals surface area contributed by atoms with Gasteiger partial charge in [-0.25, -0.2) is 0 Å². The second-order valence-corrected chi connectivity index (χ2v) is 7.46. The molecular formula is C22H24N2O4. The van der Waals surface area contributed by atoms with Gasteiger partial charge in [0, 0.05) is 37.0 Å². The molecule has 2 aliphatic heterocycles. The summed E-state index contributed by atoms with van der Waals surface area (Å²) in [7, 11) is 0. The Morgan fingerprint density at radius 3 is 2.36 bits per heavy atom. The summed E-state index contributed by atoms with van der Waals surface area (Å²) in [5, 5.41) is 19.5. The third kappa shape index (κ3) is 3.42. The molecule has 1 saturated heterocycles. The quantitative estimate of drug-likeness (QED) is 0.838. The number of aromatic hydroxyl groups is 2. The van der Waals surface area contributed by atoms with Crippen LogP contribution in [-0.4, -0.2) is 46.6 Å². The van der Waals surface area contributed by atoms with Crippen molar-refractivity contribution >= 4 is 17.5 Å². The van der Waals surface area contributed by atoms with Gasteiger partial charge in [0.15, 0.2) is 0 Å². The number of anilines is 1. The van der Waals surface area contributed by atoms with E-state index in [4.69, 9.17) is 0 Å². The molecule has 0 aromatic heterocycles. The van der Waals surface area contributed by atoms with Crippen LogP contribution >= 0.6 is 0 Å². The van der Waals surface area contributed by atoms with E-state index < -0.39 is 0 Å². The topological polar surface area (TPSA) is 81.1 Å². The van der Waals surface area contributed by atoms with E-state index in [0.717, 1.165) is 50.0 Å². The molecule has 2 aliphatic rings. The highest BCUT2D eigenvalue weighted by Crippen LogP contribution is 2.32. The molecule has 2 amide bonds. The van der Waals surface area contributed by atoms with Gasteiger partial charge < -0.3 is 20.0 Å². The van der Waals surface area contributed by atoms with E-state index >= 15 is 0 Å². The van der Waals surface area contributed by atoms with E-state index in [9.17, 15) is 19.8 Å². The summed E-state index contributed by atoms with van der Waals surface area (Å²) in [4.78, 5) is 29.3. The lowest BCUT2D eigenvalue weighted by molar-refractivity contribution is 0.0724. The largest absolute Gasteiger partial charge is 0.508 e. The van der Waals surface area contributed by atoms with Gasteiger partial charge in [0.1, 0.15) is 11.5 Å². The molecule has 2 heterocycles. The first kappa shape index (κ1) is 18.3. The molecule has 0 aliphatic carbocycles. The summed E-state index contributed by atoms with van der Waals surface area (Å²) in [6.45, 7) is 2.16. The maximum Gasteiger partial charge on any atom is 0.262 e. The van der Waals surface area contributed by atoms with Crippen LogP contribution in [0.3, 0.4) is 0 Å². The molecule has 2 aromatic rings. The minimum atomic E-state index is -0.312. The summed E-state index contributed by atoms with van der Waals surface area (Å²) < 4.78 is 0. The second kappa shape index (κ2) is 7.54. The molecule has 6 nitrogen and oxygen atoms in total. The molecule has 0 radical (unpaired) electrons. The second-order valence-electron chi connectivity index (χ2n) is 7.46. The summed E-state index contributed by atoms with van der Waals surface area (Å²) in [6, 6.07) is 9.51. The van der Waals surface area contributed by atoms with Crippen molar-refractivity contribution in [3.63, 3.8) is 0 Å². The van der Waals surface area contributed by atoms with E-state index in [-0.39, 0.29) is 28.9 Å². The van der Waals surface area contributed by atoms with Gasteiger partial charge in [0.2, 0.25) is 0 Å². The van der Waals surface area contributed by atoms with Gasteiger partial charge in [0.25, 0.3) is 11.8 Å². The number of fused-ring (bicyclic) bond motifs is 1. The van der Waals surface area contributed by atoms with E-state index in [2.05, 4.69) is 0 Å². The Morgan fingerprint density at radius 2 is 1.61 bits per heavy atom. The van der Waals surface area contributed by atoms with Gasteiger partial charge in [-0.15, -0.1) is 0 Å². The van der Waals surface area contributed by atoms with E-state index in [0.29, 0.717) is 12.1 Å². The van der Waals surface area contributed by atoms with Gasteiger partial charge >= 0.3 is 0 Å². The average molecular weight is 380 g/mol. The van der Waals surface area contributed by atoms with Crippen molar-refractivity contribution in [3.05, 3.63) is 53.1 Å². The van der Waals surface area contributed by atoms with E-state index in [1.54, 1.807) is 11.0 Å². The minimum absolute atomic E-state index is 0.0575. The van der Waals surface area contributed by atoms with Crippen LogP contribution in [-0.2, 0) is 6.42 Å². The van der Waals surface area contributed by atoms with Crippen molar-refractivity contribution < 1.29 is 19.8 Å². The standard InChI is InChI=1S/C22H24N2O4/c25-17-7-8-18(20(26)14-17)22(28)24-12-4-5-15-13-16(6-9-19(15)24)21(27)23-10-2-1-3-11-23/h6-9,13-14,25-26H,1-5,10-12H2. The monoisotopic (exact) mass is 380 g/mol. The molecule has 0 atom stereocenters. The highest BCUT2D eigenvalue weighted by atomic mass is 16.3. The number of hydrogen-bond donors (Lipinski definition) is 2. The number of nitrogens with zero attached hydrogens (tertiary/aromatic N) is 2. The lowest BCUT2D eigenvalue weighted by Gasteiger charge is -2.31. The zero-order chi connectivity index (χ0) is 19.7. The molecule has 146 valence electrons. The lowest BCUT2D eigenvalue weighted by Crippen LogP contribution is -2.37. The Labute approximate surface area is 164 Å². The number of aryl methyl sites for hydroxylation is 1. The van der Waals surface area contributed by atoms with Crippen LogP contribution in [0.15, 0.2) is 36.4 Å². The summed E-state index contributed by atoms with van der Waals surface area (Å²) in [6.07, 6.45) is 4.88. The predicted octanol–water partition coefficient (Wildman–Crippen LogP) is 3.32. The first-order valence-electron chi connectivity index (χ1n) is 9.80. The van der Waals surface area contributed by atoms with Crippen LogP contribution < -0.4 is 4.90 Å². The van der Waals surface area contributed by atoms with Gasteiger partial charge in [-0.3, -0.25) is 9.59 Å². The Morgan fingerprint density at radius 1 is 0.821 bits per heavy atom. The zero-order valence-electron chi connectivity index (χ0n) is 15.7. The number of phenolic OH excluding ortho intramolecular Hbond substituents is 2. The first-order chi connectivity index (χ1) is 13.5. The first-order valence-corrected chi connectivity index (χ1v) is 9.80. The molecule has 2 aromatic carbocycles. The molecule has 0 unspecified atom stereocenters. The Bertz CT molecular complexity index is 919. The van der Waals surface area contributed by atoms with Crippen molar-refractivity contribution in [3.8, 4) is 11.5 Å². The smallest absolute Gasteiger partial charge is 0.262 e. The molecule has 1 fully saturated rings. The van der Waals surface area contributed by atoms with Crippen molar-refractivity contribution in [1.82, 2.24) is 4.90 Å². The fourth-order valence-electron chi connectivity index (χ4n) is 4.07.